The molecule has 3 amide bonds. The van der Waals surface area contributed by atoms with Crippen LogP contribution in [-0.2, 0) is 25.6 Å². The first-order valence-corrected chi connectivity index (χ1v) is 11.1. The highest BCUT2D eigenvalue weighted by atomic mass is 16.4. The Kier molecular flexibility index (Phi) is 9.64. The van der Waals surface area contributed by atoms with E-state index in [-0.39, 0.29) is 24.3 Å². The molecule has 0 spiro atoms. The van der Waals surface area contributed by atoms with Crippen molar-refractivity contribution < 1.29 is 24.3 Å². The summed E-state index contributed by atoms with van der Waals surface area (Å²) in [5.74, 6) is -2.74. The largest absolute Gasteiger partial charge is 0.480 e. The lowest BCUT2D eigenvalue weighted by Gasteiger charge is -2.25. The van der Waals surface area contributed by atoms with Crippen molar-refractivity contribution in [2.24, 2.45) is 5.92 Å². The number of nitrogens with one attached hydrogen (secondary N) is 4. The van der Waals surface area contributed by atoms with Crippen LogP contribution in [-0.4, -0.2) is 59.5 Å². The van der Waals surface area contributed by atoms with E-state index in [1.807, 2.05) is 37.3 Å². The van der Waals surface area contributed by atoms with E-state index in [9.17, 15) is 24.3 Å². The second-order valence-corrected chi connectivity index (χ2v) is 8.34. The van der Waals surface area contributed by atoms with E-state index in [0.717, 1.165) is 18.5 Å². The van der Waals surface area contributed by atoms with Gasteiger partial charge in [0.2, 0.25) is 17.7 Å². The Morgan fingerprint density at radius 3 is 2.31 bits per heavy atom. The molecule has 0 radical (unpaired) electrons. The molecule has 1 saturated heterocycles. The third-order valence-corrected chi connectivity index (χ3v) is 5.82. The maximum atomic E-state index is 13.0. The van der Waals surface area contributed by atoms with Gasteiger partial charge in [-0.1, -0.05) is 50.6 Å². The summed E-state index contributed by atoms with van der Waals surface area (Å²) in [5, 5.41) is 20.5. The predicted octanol–water partition coefficient (Wildman–Crippen LogP) is 0.586. The normalized spacial score (nSPS) is 19.3. The molecule has 9 heteroatoms. The van der Waals surface area contributed by atoms with Gasteiger partial charge in [-0.25, -0.2) is 4.79 Å². The number of carboxylic acids is 1. The number of benzene rings is 1. The lowest BCUT2D eigenvalue weighted by atomic mass is 9.98. The van der Waals surface area contributed by atoms with Crippen LogP contribution in [0.15, 0.2) is 30.3 Å². The van der Waals surface area contributed by atoms with Crippen LogP contribution in [0.3, 0.4) is 0 Å². The van der Waals surface area contributed by atoms with Crippen LogP contribution in [0.4, 0.5) is 0 Å². The van der Waals surface area contributed by atoms with Crippen LogP contribution in [0.5, 0.6) is 0 Å². The fourth-order valence-corrected chi connectivity index (χ4v) is 3.58. The number of hydrogen-bond acceptors (Lipinski definition) is 5. The number of carbonyl (C=O) groups excluding carboxylic acids is 3. The minimum Gasteiger partial charge on any atom is -0.480 e. The average Bonchev–Trinajstić information content (AvgIpc) is 3.31. The zero-order valence-corrected chi connectivity index (χ0v) is 18.9. The Morgan fingerprint density at radius 2 is 1.75 bits per heavy atom. The standard InChI is InChI=1S/C23H34N4O5/c1-4-14(2)19(23(31)32)27-22(30)18(13-16-9-6-5-7-10-16)26-20(28)15(3)25-21(29)17-11-8-12-24-17/h5-7,9-10,14-15,17-19,24H,4,8,11-13H2,1-3H3,(H,25,29)(H,26,28)(H,27,30)(H,31,32). The minimum absolute atomic E-state index is 0.191. The van der Waals surface area contributed by atoms with Gasteiger partial charge in [0.25, 0.3) is 0 Å². The fourth-order valence-electron chi connectivity index (χ4n) is 3.58. The summed E-state index contributed by atoms with van der Waals surface area (Å²) in [7, 11) is 0. The fraction of sp³-hybridized carbons (Fsp3) is 0.565. The summed E-state index contributed by atoms with van der Waals surface area (Å²) < 4.78 is 0. The van der Waals surface area contributed by atoms with E-state index >= 15 is 0 Å². The first-order chi connectivity index (χ1) is 15.2. The second kappa shape index (κ2) is 12.2. The molecular formula is C23H34N4O5. The predicted molar refractivity (Wildman–Crippen MR) is 120 cm³/mol. The third kappa shape index (κ3) is 7.33. The van der Waals surface area contributed by atoms with Gasteiger partial charge in [-0.15, -0.1) is 0 Å². The van der Waals surface area contributed by atoms with E-state index in [0.29, 0.717) is 12.8 Å². The van der Waals surface area contributed by atoms with Crippen LogP contribution in [0.1, 0.15) is 45.6 Å². The van der Waals surface area contributed by atoms with Crippen molar-refractivity contribution in [3.63, 3.8) is 0 Å². The molecule has 32 heavy (non-hydrogen) atoms. The summed E-state index contributed by atoms with van der Waals surface area (Å²) in [4.78, 5) is 49.7. The first-order valence-electron chi connectivity index (χ1n) is 11.1. The molecular weight excluding hydrogens is 412 g/mol. The van der Waals surface area contributed by atoms with E-state index in [1.165, 1.54) is 0 Å². The highest BCUT2D eigenvalue weighted by molar-refractivity contribution is 5.94. The van der Waals surface area contributed by atoms with Gasteiger partial charge in [0.1, 0.15) is 18.1 Å². The van der Waals surface area contributed by atoms with E-state index in [2.05, 4.69) is 21.3 Å². The third-order valence-electron chi connectivity index (χ3n) is 5.82. The van der Waals surface area contributed by atoms with Gasteiger partial charge in [-0.05, 0) is 37.8 Å². The Labute approximate surface area is 188 Å². The van der Waals surface area contributed by atoms with Gasteiger partial charge >= 0.3 is 5.97 Å². The maximum absolute atomic E-state index is 13.0. The van der Waals surface area contributed by atoms with Crippen molar-refractivity contribution >= 4 is 23.7 Å². The average molecular weight is 447 g/mol. The number of carbonyl (C=O) groups is 4. The zero-order chi connectivity index (χ0) is 23.7. The molecule has 2 rings (SSSR count). The van der Waals surface area contributed by atoms with Crippen LogP contribution in [0, 0.1) is 5.92 Å². The smallest absolute Gasteiger partial charge is 0.326 e. The van der Waals surface area contributed by atoms with Crippen LogP contribution in [0.25, 0.3) is 0 Å². The van der Waals surface area contributed by atoms with Gasteiger partial charge < -0.3 is 26.4 Å². The van der Waals surface area contributed by atoms with Gasteiger partial charge in [0, 0.05) is 6.42 Å². The Hall–Kier alpha value is -2.94. The topological polar surface area (TPSA) is 137 Å². The lowest BCUT2D eigenvalue weighted by molar-refractivity contribution is -0.143. The number of carboxylic acid groups (broad SMARTS) is 1. The van der Waals surface area contributed by atoms with E-state index in [1.54, 1.807) is 13.8 Å². The van der Waals surface area contributed by atoms with Crippen molar-refractivity contribution in [3.05, 3.63) is 35.9 Å². The lowest BCUT2D eigenvalue weighted by Crippen LogP contribution is -2.57. The summed E-state index contributed by atoms with van der Waals surface area (Å²) in [5.41, 5.74) is 0.815. The van der Waals surface area contributed by atoms with Crippen molar-refractivity contribution in [1.29, 1.82) is 0 Å². The minimum atomic E-state index is -1.12. The molecule has 9 nitrogen and oxygen atoms in total. The molecule has 0 bridgehead atoms. The highest BCUT2D eigenvalue weighted by Gasteiger charge is 2.31. The molecule has 1 aliphatic heterocycles. The number of rotatable bonds is 11. The molecule has 5 unspecified atom stereocenters. The van der Waals surface area contributed by atoms with Gasteiger partial charge in [0.05, 0.1) is 6.04 Å². The molecule has 0 aliphatic carbocycles. The Bertz CT molecular complexity index is 795. The van der Waals surface area contributed by atoms with Crippen LogP contribution < -0.4 is 21.3 Å². The second-order valence-electron chi connectivity index (χ2n) is 8.34. The van der Waals surface area contributed by atoms with Gasteiger partial charge in [0.15, 0.2) is 0 Å². The van der Waals surface area contributed by atoms with Gasteiger partial charge in [-0.3, -0.25) is 14.4 Å². The zero-order valence-electron chi connectivity index (χ0n) is 18.9. The van der Waals surface area contributed by atoms with Gasteiger partial charge in [-0.2, -0.15) is 0 Å². The summed E-state index contributed by atoms with van der Waals surface area (Å²) >= 11 is 0. The monoisotopic (exact) mass is 446 g/mol. The van der Waals surface area contributed by atoms with E-state index < -0.39 is 35.9 Å². The van der Waals surface area contributed by atoms with Crippen LogP contribution in [0.2, 0.25) is 0 Å². The number of hydrogen-bond donors (Lipinski definition) is 5. The van der Waals surface area contributed by atoms with Crippen molar-refractivity contribution in [1.82, 2.24) is 21.3 Å². The summed E-state index contributed by atoms with van der Waals surface area (Å²) in [6.07, 6.45) is 2.38. The Morgan fingerprint density at radius 1 is 1.06 bits per heavy atom. The molecule has 5 N–H and O–H groups in total. The quantitative estimate of drug-likeness (QED) is 0.337. The first kappa shape index (κ1) is 25.3. The molecule has 0 aromatic heterocycles. The van der Waals surface area contributed by atoms with Crippen molar-refractivity contribution in [3.8, 4) is 0 Å². The SMILES string of the molecule is CCC(C)C(NC(=O)C(Cc1ccccc1)NC(=O)C(C)NC(=O)C1CCCN1)C(=O)O. The Balaban J connectivity index is 2.09. The number of amides is 3. The number of aliphatic carboxylic acids is 1. The van der Waals surface area contributed by atoms with Crippen LogP contribution >= 0.6 is 0 Å². The molecule has 1 aromatic rings. The van der Waals surface area contributed by atoms with Crippen molar-refractivity contribution in [2.45, 2.75) is 70.6 Å². The molecule has 5 atom stereocenters. The summed E-state index contributed by atoms with van der Waals surface area (Å²) in [6.45, 7) is 5.91. The highest BCUT2D eigenvalue weighted by Crippen LogP contribution is 2.10. The molecule has 1 heterocycles. The molecule has 1 fully saturated rings. The molecule has 0 saturated carbocycles. The molecule has 1 aliphatic rings. The maximum Gasteiger partial charge on any atom is 0.326 e. The van der Waals surface area contributed by atoms with Crippen molar-refractivity contribution in [2.75, 3.05) is 6.54 Å². The molecule has 1 aromatic carbocycles. The molecule has 176 valence electrons. The van der Waals surface area contributed by atoms with E-state index in [4.69, 9.17) is 0 Å². The summed E-state index contributed by atoms with van der Waals surface area (Å²) in [6, 6.07) is 5.93.